The first kappa shape index (κ1) is 16.0. The van der Waals surface area contributed by atoms with Gasteiger partial charge in [-0.2, -0.15) is 13.2 Å². The monoisotopic (exact) mass is 337 g/mol. The van der Waals surface area contributed by atoms with Gasteiger partial charge in [0.1, 0.15) is 0 Å². The van der Waals surface area contributed by atoms with Crippen LogP contribution in [0.1, 0.15) is 44.1 Å². The molecule has 2 nitrogen and oxygen atoms in total. The van der Waals surface area contributed by atoms with E-state index in [1.165, 1.54) is 5.56 Å². The van der Waals surface area contributed by atoms with E-state index < -0.39 is 18.0 Å². The summed E-state index contributed by atoms with van der Waals surface area (Å²) >= 11 is 0. The van der Waals surface area contributed by atoms with Crippen molar-refractivity contribution in [1.82, 2.24) is 0 Å². The van der Waals surface area contributed by atoms with Crippen LogP contribution in [-0.2, 0) is 10.2 Å². The fourth-order valence-corrected chi connectivity index (χ4v) is 6.30. The highest BCUT2D eigenvalue weighted by atomic mass is 19.4. The summed E-state index contributed by atoms with van der Waals surface area (Å²) in [5.74, 6) is -0.119. The van der Waals surface area contributed by atoms with E-state index in [0.29, 0.717) is 12.8 Å². The third-order valence-corrected chi connectivity index (χ3v) is 7.01. The number of carbonyl (C=O) groups is 1. The number of hydrogen-bond donors (Lipinski definition) is 1. The molecule has 5 rings (SSSR count). The van der Waals surface area contributed by atoms with Crippen molar-refractivity contribution in [2.75, 3.05) is 0 Å². The molecule has 0 aliphatic heterocycles. The first-order valence-corrected chi connectivity index (χ1v) is 8.68. The number of nitrogens with two attached hydrogens (primary N) is 1. The maximum Gasteiger partial charge on any atom is 0.389 e. The summed E-state index contributed by atoms with van der Waals surface area (Å²) in [4.78, 5) is 12.3. The zero-order valence-electron chi connectivity index (χ0n) is 13.5. The summed E-state index contributed by atoms with van der Waals surface area (Å²) in [6, 6.07) is 10.1. The molecule has 24 heavy (non-hydrogen) atoms. The first-order valence-electron chi connectivity index (χ1n) is 8.68. The van der Waals surface area contributed by atoms with Gasteiger partial charge < -0.3 is 5.73 Å². The van der Waals surface area contributed by atoms with Gasteiger partial charge in [0.15, 0.2) is 0 Å². The minimum Gasteiger partial charge on any atom is -0.369 e. The topological polar surface area (TPSA) is 43.1 Å². The van der Waals surface area contributed by atoms with E-state index >= 15 is 0 Å². The molecule has 5 atom stereocenters. The quantitative estimate of drug-likeness (QED) is 0.880. The Bertz CT molecular complexity index is 658. The Balaban J connectivity index is 1.66. The van der Waals surface area contributed by atoms with E-state index in [4.69, 9.17) is 5.73 Å². The molecule has 130 valence electrons. The van der Waals surface area contributed by atoms with E-state index in [9.17, 15) is 18.0 Å². The molecule has 1 aromatic carbocycles. The van der Waals surface area contributed by atoms with Gasteiger partial charge >= 0.3 is 6.18 Å². The number of alkyl halides is 3. The third-order valence-electron chi connectivity index (χ3n) is 7.01. The van der Waals surface area contributed by atoms with Crippen molar-refractivity contribution in [3.63, 3.8) is 0 Å². The molecule has 4 aliphatic rings. The average molecular weight is 337 g/mol. The van der Waals surface area contributed by atoms with Crippen molar-refractivity contribution in [1.29, 1.82) is 0 Å². The Hall–Kier alpha value is -1.52. The number of benzene rings is 1. The van der Waals surface area contributed by atoms with Crippen molar-refractivity contribution >= 4 is 5.91 Å². The summed E-state index contributed by atoms with van der Waals surface area (Å²) in [7, 11) is 0. The third kappa shape index (κ3) is 2.20. The molecule has 0 saturated heterocycles. The fourth-order valence-electron chi connectivity index (χ4n) is 6.30. The Kier molecular flexibility index (Phi) is 3.32. The first-order chi connectivity index (χ1) is 11.3. The van der Waals surface area contributed by atoms with Crippen LogP contribution in [0.15, 0.2) is 30.3 Å². The van der Waals surface area contributed by atoms with Crippen LogP contribution in [-0.4, -0.2) is 12.1 Å². The second kappa shape index (κ2) is 4.99. The van der Waals surface area contributed by atoms with Crippen LogP contribution in [0, 0.1) is 23.2 Å². The lowest BCUT2D eigenvalue weighted by Gasteiger charge is -2.43. The van der Waals surface area contributed by atoms with Crippen LogP contribution in [0.25, 0.3) is 0 Å². The molecule has 0 radical (unpaired) electrons. The lowest BCUT2D eigenvalue weighted by atomic mass is 9.61. The van der Waals surface area contributed by atoms with Gasteiger partial charge in [-0.15, -0.1) is 0 Å². The summed E-state index contributed by atoms with van der Waals surface area (Å²) in [5, 5.41) is 0. The molecule has 4 fully saturated rings. The normalized spacial score (nSPS) is 40.2. The minimum absolute atomic E-state index is 0.0105. The molecule has 1 amide bonds. The van der Waals surface area contributed by atoms with Gasteiger partial charge in [-0.05, 0) is 60.8 Å². The van der Waals surface area contributed by atoms with Gasteiger partial charge in [-0.3, -0.25) is 4.79 Å². The standard InChI is InChI=1S/C19H22F3NO/c20-19(21,22)7-6-14-12-8-17(13-4-2-1-3-5-13)10-15(14)18(9-12,11-17)16(23)24/h1-5,12,14-15H,6-11H2,(H2,23,24). The molecule has 5 unspecified atom stereocenters. The van der Waals surface area contributed by atoms with E-state index in [0.717, 1.165) is 12.8 Å². The summed E-state index contributed by atoms with van der Waals surface area (Å²) < 4.78 is 38.1. The van der Waals surface area contributed by atoms with E-state index in [1.54, 1.807) is 0 Å². The van der Waals surface area contributed by atoms with Crippen molar-refractivity contribution in [2.24, 2.45) is 28.9 Å². The number of halogens is 3. The molecule has 2 N–H and O–H groups in total. The Morgan fingerprint density at radius 3 is 2.50 bits per heavy atom. The molecule has 4 saturated carbocycles. The van der Waals surface area contributed by atoms with Gasteiger partial charge in [0.05, 0.1) is 5.41 Å². The predicted molar refractivity (Wildman–Crippen MR) is 84.0 cm³/mol. The highest BCUT2D eigenvalue weighted by Crippen LogP contribution is 2.73. The Labute approximate surface area is 139 Å². The molecule has 4 aliphatic carbocycles. The van der Waals surface area contributed by atoms with Gasteiger partial charge in [0, 0.05) is 6.42 Å². The summed E-state index contributed by atoms with van der Waals surface area (Å²) in [5.41, 5.74) is 6.34. The van der Waals surface area contributed by atoms with E-state index in [2.05, 4.69) is 12.1 Å². The van der Waals surface area contributed by atoms with Gasteiger partial charge in [-0.25, -0.2) is 0 Å². The van der Waals surface area contributed by atoms with Crippen molar-refractivity contribution in [2.45, 2.75) is 50.1 Å². The number of carbonyl (C=O) groups excluding carboxylic acids is 1. The number of hydrogen-bond acceptors (Lipinski definition) is 1. The zero-order valence-corrected chi connectivity index (χ0v) is 13.5. The second-order valence-electron chi connectivity index (χ2n) is 8.14. The van der Waals surface area contributed by atoms with Crippen LogP contribution in [0.2, 0.25) is 0 Å². The highest BCUT2D eigenvalue weighted by molar-refractivity contribution is 5.83. The minimum atomic E-state index is -4.13. The SMILES string of the molecule is NC(=O)C12CC3CC(c4ccccc4)(CC1C3CCC(F)(F)F)C2. The molecule has 0 spiro atoms. The van der Waals surface area contributed by atoms with Crippen LogP contribution in [0.5, 0.6) is 0 Å². The summed E-state index contributed by atoms with van der Waals surface area (Å²) in [6.07, 6.45) is -1.65. The molecule has 5 heteroatoms. The lowest BCUT2D eigenvalue weighted by molar-refractivity contribution is -0.139. The molecular formula is C19H22F3NO. The number of rotatable bonds is 4. The molecule has 1 aromatic rings. The zero-order chi connectivity index (χ0) is 17.2. The van der Waals surface area contributed by atoms with Gasteiger partial charge in [0.2, 0.25) is 5.91 Å². The number of amides is 1. The lowest BCUT2D eigenvalue weighted by Crippen LogP contribution is -2.41. The van der Waals surface area contributed by atoms with Crippen LogP contribution in [0.4, 0.5) is 13.2 Å². The fraction of sp³-hybridized carbons (Fsp3) is 0.632. The van der Waals surface area contributed by atoms with Crippen LogP contribution >= 0.6 is 0 Å². The van der Waals surface area contributed by atoms with E-state index in [-0.39, 0.29) is 35.5 Å². The molecule has 0 heterocycles. The molecule has 0 aromatic heterocycles. The van der Waals surface area contributed by atoms with Crippen LogP contribution in [0.3, 0.4) is 0 Å². The Morgan fingerprint density at radius 1 is 1.17 bits per heavy atom. The van der Waals surface area contributed by atoms with Gasteiger partial charge in [0.25, 0.3) is 0 Å². The largest absolute Gasteiger partial charge is 0.389 e. The maximum absolute atomic E-state index is 12.7. The highest BCUT2D eigenvalue weighted by Gasteiger charge is 2.70. The molecular weight excluding hydrogens is 315 g/mol. The van der Waals surface area contributed by atoms with Crippen molar-refractivity contribution in [3.05, 3.63) is 35.9 Å². The second-order valence-corrected chi connectivity index (χ2v) is 8.14. The number of primary amides is 1. The van der Waals surface area contributed by atoms with Crippen molar-refractivity contribution < 1.29 is 18.0 Å². The predicted octanol–water partition coefficient (Wildman–Crippen LogP) is 4.19. The van der Waals surface area contributed by atoms with E-state index in [1.807, 2.05) is 18.2 Å². The van der Waals surface area contributed by atoms with Gasteiger partial charge in [-0.1, -0.05) is 30.3 Å². The molecule has 4 bridgehead atoms. The van der Waals surface area contributed by atoms with Crippen LogP contribution < -0.4 is 5.73 Å². The average Bonchev–Trinajstić information content (AvgIpc) is 2.89. The smallest absolute Gasteiger partial charge is 0.369 e. The Morgan fingerprint density at radius 2 is 1.88 bits per heavy atom. The summed E-state index contributed by atoms with van der Waals surface area (Å²) in [6.45, 7) is 0. The van der Waals surface area contributed by atoms with Crippen molar-refractivity contribution in [3.8, 4) is 0 Å². The maximum atomic E-state index is 12.7.